The van der Waals surface area contributed by atoms with Gasteiger partial charge < -0.3 is 4.74 Å². The highest BCUT2D eigenvalue weighted by atomic mass is 32.2. The number of hydrogen-bond acceptors (Lipinski definition) is 6. The molecule has 0 radical (unpaired) electrons. The van der Waals surface area contributed by atoms with Gasteiger partial charge >= 0.3 is 0 Å². The van der Waals surface area contributed by atoms with Gasteiger partial charge in [0.15, 0.2) is 0 Å². The molecule has 3 rings (SSSR count). The van der Waals surface area contributed by atoms with E-state index in [0.29, 0.717) is 11.5 Å². The Morgan fingerprint density at radius 2 is 1.77 bits per heavy atom. The molecular formula is C21H21N3O4S2. The number of amides is 1. The van der Waals surface area contributed by atoms with Gasteiger partial charge in [0.25, 0.3) is 15.9 Å². The molecule has 0 saturated carbocycles. The summed E-state index contributed by atoms with van der Waals surface area (Å²) in [5.74, 6) is -0.237. The Morgan fingerprint density at radius 3 is 2.43 bits per heavy atom. The summed E-state index contributed by atoms with van der Waals surface area (Å²) >= 11 is 1.50. The number of nitrogens with one attached hydrogen (secondary N) is 1. The third-order valence-electron chi connectivity index (χ3n) is 4.20. The number of methoxy groups -OCH3 is 1. The first-order valence-electron chi connectivity index (χ1n) is 9.01. The van der Waals surface area contributed by atoms with Crippen molar-refractivity contribution in [2.24, 2.45) is 5.10 Å². The first kappa shape index (κ1) is 21.5. The second kappa shape index (κ2) is 9.55. The van der Waals surface area contributed by atoms with Crippen LogP contribution in [0.3, 0.4) is 0 Å². The van der Waals surface area contributed by atoms with Crippen LogP contribution in [0.4, 0.5) is 5.69 Å². The van der Waals surface area contributed by atoms with Crippen LogP contribution in [-0.4, -0.2) is 33.7 Å². The van der Waals surface area contributed by atoms with Gasteiger partial charge in [-0.1, -0.05) is 36.4 Å². The van der Waals surface area contributed by atoms with Gasteiger partial charge in [-0.15, -0.1) is 11.3 Å². The molecule has 1 aromatic heterocycles. The Labute approximate surface area is 179 Å². The van der Waals surface area contributed by atoms with Crippen LogP contribution in [-0.2, 0) is 14.8 Å². The first-order chi connectivity index (χ1) is 14.4. The number of nitrogens with zero attached hydrogens (tertiary/aromatic N) is 2. The number of para-hydroxylation sites is 2. The van der Waals surface area contributed by atoms with E-state index in [2.05, 4.69) is 10.5 Å². The van der Waals surface area contributed by atoms with Crippen molar-refractivity contribution >= 4 is 38.7 Å². The molecule has 1 heterocycles. The normalized spacial score (nSPS) is 11.7. The topological polar surface area (TPSA) is 88.1 Å². The highest BCUT2D eigenvalue weighted by Gasteiger charge is 2.29. The average molecular weight is 444 g/mol. The Kier molecular flexibility index (Phi) is 6.86. The summed E-state index contributed by atoms with van der Waals surface area (Å²) in [6.07, 6.45) is 0. The Hall–Kier alpha value is -3.17. The fourth-order valence-electron chi connectivity index (χ4n) is 2.71. The van der Waals surface area contributed by atoms with Crippen molar-refractivity contribution in [3.8, 4) is 5.75 Å². The van der Waals surface area contributed by atoms with Crippen LogP contribution in [0.5, 0.6) is 5.75 Å². The van der Waals surface area contributed by atoms with Crippen LogP contribution >= 0.6 is 11.3 Å². The van der Waals surface area contributed by atoms with E-state index in [-0.39, 0.29) is 10.6 Å². The number of rotatable bonds is 8. The van der Waals surface area contributed by atoms with Crippen molar-refractivity contribution in [2.45, 2.75) is 11.8 Å². The van der Waals surface area contributed by atoms with Gasteiger partial charge in [-0.2, -0.15) is 5.10 Å². The lowest BCUT2D eigenvalue weighted by Crippen LogP contribution is -2.40. The molecule has 0 aliphatic carbocycles. The zero-order valence-electron chi connectivity index (χ0n) is 16.5. The quantitative estimate of drug-likeness (QED) is 0.426. The Balaban J connectivity index is 1.92. The molecule has 7 nitrogen and oxygen atoms in total. The molecule has 0 aliphatic heterocycles. The first-order valence-corrected chi connectivity index (χ1v) is 11.3. The van der Waals surface area contributed by atoms with E-state index < -0.39 is 22.5 Å². The van der Waals surface area contributed by atoms with E-state index in [1.54, 1.807) is 49.4 Å². The minimum atomic E-state index is -4.02. The van der Waals surface area contributed by atoms with Gasteiger partial charge in [0, 0.05) is 4.88 Å². The predicted molar refractivity (Wildman–Crippen MR) is 119 cm³/mol. The summed E-state index contributed by atoms with van der Waals surface area (Å²) in [4.78, 5) is 13.6. The third-order valence-corrected chi connectivity index (χ3v) is 6.95. The number of ether oxygens (including phenoxy) is 1. The summed E-state index contributed by atoms with van der Waals surface area (Å²) in [7, 11) is -2.57. The number of hydrazone groups is 1. The molecule has 9 heteroatoms. The molecule has 0 unspecified atom stereocenters. The smallest absolute Gasteiger partial charge is 0.264 e. The maximum atomic E-state index is 13.3. The summed E-state index contributed by atoms with van der Waals surface area (Å²) in [6.45, 7) is 1.31. The van der Waals surface area contributed by atoms with Gasteiger partial charge in [-0.25, -0.2) is 13.8 Å². The maximum Gasteiger partial charge on any atom is 0.264 e. The number of anilines is 1. The van der Waals surface area contributed by atoms with Crippen molar-refractivity contribution in [3.05, 3.63) is 77.0 Å². The maximum absolute atomic E-state index is 13.3. The summed E-state index contributed by atoms with van der Waals surface area (Å²) in [6, 6.07) is 18.3. The van der Waals surface area contributed by atoms with Crippen LogP contribution in [0.1, 0.15) is 11.8 Å². The van der Waals surface area contributed by atoms with E-state index in [9.17, 15) is 13.2 Å². The molecule has 3 aromatic rings. The van der Waals surface area contributed by atoms with Gasteiger partial charge in [0.1, 0.15) is 12.3 Å². The van der Waals surface area contributed by atoms with E-state index in [4.69, 9.17) is 4.74 Å². The molecule has 1 amide bonds. The van der Waals surface area contributed by atoms with Crippen molar-refractivity contribution < 1.29 is 17.9 Å². The van der Waals surface area contributed by atoms with Gasteiger partial charge in [-0.05, 0) is 42.6 Å². The zero-order chi connectivity index (χ0) is 21.6. The lowest BCUT2D eigenvalue weighted by atomic mass is 10.3. The second-order valence-electron chi connectivity index (χ2n) is 6.21. The van der Waals surface area contributed by atoms with Crippen molar-refractivity contribution in [1.82, 2.24) is 5.43 Å². The largest absolute Gasteiger partial charge is 0.495 e. The number of carbonyl (C=O) groups is 1. The molecule has 0 saturated heterocycles. The molecule has 0 spiro atoms. The number of hydrogen-bond donors (Lipinski definition) is 1. The van der Waals surface area contributed by atoms with E-state index in [0.717, 1.165) is 9.18 Å². The second-order valence-corrected chi connectivity index (χ2v) is 9.02. The highest BCUT2D eigenvalue weighted by Crippen LogP contribution is 2.32. The van der Waals surface area contributed by atoms with Gasteiger partial charge in [-0.3, -0.25) is 9.10 Å². The fraction of sp³-hybridized carbons (Fsp3) is 0.143. The monoisotopic (exact) mass is 443 g/mol. The molecule has 0 fully saturated rings. The number of carbonyl (C=O) groups excluding carboxylic acids is 1. The van der Waals surface area contributed by atoms with E-state index in [1.807, 2.05) is 17.5 Å². The molecule has 1 N–H and O–H groups in total. The minimum absolute atomic E-state index is 0.0713. The zero-order valence-corrected chi connectivity index (χ0v) is 18.1. The van der Waals surface area contributed by atoms with Gasteiger partial charge in [0.2, 0.25) is 0 Å². The van der Waals surface area contributed by atoms with Crippen molar-refractivity contribution in [3.63, 3.8) is 0 Å². The lowest BCUT2D eigenvalue weighted by Gasteiger charge is -2.25. The van der Waals surface area contributed by atoms with Crippen LogP contribution in [0.15, 0.2) is 82.1 Å². The summed E-state index contributed by atoms with van der Waals surface area (Å²) < 4.78 is 33.0. The molecular weight excluding hydrogens is 422 g/mol. The molecule has 0 bridgehead atoms. The molecule has 0 atom stereocenters. The number of benzene rings is 2. The molecule has 30 heavy (non-hydrogen) atoms. The fourth-order valence-corrected chi connectivity index (χ4v) is 4.84. The molecule has 0 aliphatic rings. The lowest BCUT2D eigenvalue weighted by molar-refractivity contribution is -0.119. The average Bonchev–Trinajstić information content (AvgIpc) is 3.31. The van der Waals surface area contributed by atoms with Crippen molar-refractivity contribution in [2.75, 3.05) is 18.0 Å². The minimum Gasteiger partial charge on any atom is -0.495 e. The standard InChI is InChI=1S/C21H21N3O4S2/c1-16(20-13-8-14-29-20)22-23-21(25)15-24(18-11-6-7-12-19(18)28-2)30(26,27)17-9-4-3-5-10-17/h3-14H,15H2,1-2H3,(H,23,25)/b22-16-. The Morgan fingerprint density at radius 1 is 1.07 bits per heavy atom. The van der Waals surface area contributed by atoms with Crippen LogP contribution in [0.2, 0.25) is 0 Å². The number of thiophene rings is 1. The van der Waals surface area contributed by atoms with Crippen LogP contribution < -0.4 is 14.5 Å². The third kappa shape index (κ3) is 4.87. The molecule has 2 aromatic carbocycles. The van der Waals surface area contributed by atoms with Crippen molar-refractivity contribution in [1.29, 1.82) is 0 Å². The van der Waals surface area contributed by atoms with E-state index in [1.165, 1.54) is 30.6 Å². The van der Waals surface area contributed by atoms with Gasteiger partial charge in [0.05, 0.1) is 23.4 Å². The summed E-state index contributed by atoms with van der Waals surface area (Å²) in [5, 5.41) is 5.99. The highest BCUT2D eigenvalue weighted by molar-refractivity contribution is 7.92. The van der Waals surface area contributed by atoms with Crippen LogP contribution in [0.25, 0.3) is 0 Å². The Bertz CT molecular complexity index is 1130. The SMILES string of the molecule is COc1ccccc1N(CC(=O)N/N=C(/C)c1cccs1)S(=O)(=O)c1ccccc1. The van der Waals surface area contributed by atoms with E-state index >= 15 is 0 Å². The summed E-state index contributed by atoms with van der Waals surface area (Å²) in [5.41, 5.74) is 3.34. The van der Waals surface area contributed by atoms with Crippen LogP contribution in [0, 0.1) is 0 Å². The predicted octanol–water partition coefficient (Wildman–Crippen LogP) is 3.49. The number of sulfonamides is 1. The molecule has 156 valence electrons.